The summed E-state index contributed by atoms with van der Waals surface area (Å²) in [6.07, 6.45) is 2.90. The molecule has 1 aromatic carbocycles. The Morgan fingerprint density at radius 2 is 2.16 bits per heavy atom. The SMILES string of the molecule is Cc1cccc(-c2nc3sc4c(c3c(=O)n2C(C)C(=O)O)CCC4)c1. The summed E-state index contributed by atoms with van der Waals surface area (Å²) in [7, 11) is 0. The predicted molar refractivity (Wildman–Crippen MR) is 98.4 cm³/mol. The second kappa shape index (κ2) is 5.81. The van der Waals surface area contributed by atoms with Gasteiger partial charge in [-0.2, -0.15) is 0 Å². The molecule has 0 amide bonds. The first-order valence-corrected chi connectivity index (χ1v) is 9.15. The number of thiophene rings is 1. The van der Waals surface area contributed by atoms with Gasteiger partial charge in [-0.1, -0.05) is 23.8 Å². The zero-order valence-electron chi connectivity index (χ0n) is 14.1. The molecule has 1 aliphatic carbocycles. The molecule has 0 spiro atoms. The van der Waals surface area contributed by atoms with E-state index in [0.29, 0.717) is 11.2 Å². The van der Waals surface area contributed by atoms with E-state index in [9.17, 15) is 14.7 Å². The van der Waals surface area contributed by atoms with Gasteiger partial charge in [0.25, 0.3) is 5.56 Å². The third-order valence-electron chi connectivity index (χ3n) is 4.79. The van der Waals surface area contributed by atoms with Crippen LogP contribution in [0.25, 0.3) is 21.6 Å². The maximum absolute atomic E-state index is 13.2. The molecule has 3 aromatic rings. The zero-order valence-corrected chi connectivity index (χ0v) is 14.9. The minimum absolute atomic E-state index is 0.240. The van der Waals surface area contributed by atoms with E-state index < -0.39 is 12.0 Å². The Morgan fingerprint density at radius 1 is 1.36 bits per heavy atom. The molecular formula is C19H18N2O3S. The normalized spacial score (nSPS) is 14.6. The van der Waals surface area contributed by atoms with E-state index in [1.165, 1.54) is 16.4 Å². The van der Waals surface area contributed by atoms with E-state index in [0.717, 1.165) is 40.8 Å². The highest BCUT2D eigenvalue weighted by Crippen LogP contribution is 2.36. The van der Waals surface area contributed by atoms with Crippen molar-refractivity contribution in [3.63, 3.8) is 0 Å². The highest BCUT2D eigenvalue weighted by molar-refractivity contribution is 7.18. The number of rotatable bonds is 3. The highest BCUT2D eigenvalue weighted by atomic mass is 32.1. The third-order valence-corrected chi connectivity index (χ3v) is 5.98. The van der Waals surface area contributed by atoms with E-state index >= 15 is 0 Å². The Bertz CT molecular complexity index is 1060. The molecule has 1 N–H and O–H groups in total. The van der Waals surface area contributed by atoms with Crippen LogP contribution in [0.4, 0.5) is 0 Å². The summed E-state index contributed by atoms with van der Waals surface area (Å²) in [5.74, 6) is -0.611. The van der Waals surface area contributed by atoms with Crippen molar-refractivity contribution in [2.75, 3.05) is 0 Å². The van der Waals surface area contributed by atoms with Crippen LogP contribution in [0.3, 0.4) is 0 Å². The lowest BCUT2D eigenvalue weighted by molar-refractivity contribution is -0.140. The quantitative estimate of drug-likeness (QED) is 0.780. The first kappa shape index (κ1) is 16.0. The first-order chi connectivity index (χ1) is 12.0. The fourth-order valence-electron chi connectivity index (χ4n) is 3.51. The summed E-state index contributed by atoms with van der Waals surface area (Å²) in [5.41, 5.74) is 2.63. The topological polar surface area (TPSA) is 72.2 Å². The third kappa shape index (κ3) is 2.48. The molecule has 0 saturated heterocycles. The van der Waals surface area contributed by atoms with Gasteiger partial charge in [0, 0.05) is 10.4 Å². The number of fused-ring (bicyclic) bond motifs is 3. The van der Waals surface area contributed by atoms with Crippen molar-refractivity contribution in [1.82, 2.24) is 9.55 Å². The van der Waals surface area contributed by atoms with Gasteiger partial charge < -0.3 is 5.11 Å². The maximum Gasteiger partial charge on any atom is 0.326 e. The number of carbonyl (C=O) groups is 1. The lowest BCUT2D eigenvalue weighted by Gasteiger charge is -2.16. The van der Waals surface area contributed by atoms with Crippen LogP contribution in [0, 0.1) is 6.92 Å². The smallest absolute Gasteiger partial charge is 0.326 e. The molecule has 0 fully saturated rings. The van der Waals surface area contributed by atoms with Crippen LogP contribution in [0.5, 0.6) is 0 Å². The van der Waals surface area contributed by atoms with E-state index in [1.54, 1.807) is 11.3 Å². The molecule has 0 aliphatic heterocycles. The lowest BCUT2D eigenvalue weighted by Crippen LogP contribution is -2.30. The van der Waals surface area contributed by atoms with E-state index in [1.807, 2.05) is 31.2 Å². The first-order valence-electron chi connectivity index (χ1n) is 8.34. The van der Waals surface area contributed by atoms with Crippen LogP contribution in [-0.4, -0.2) is 20.6 Å². The summed E-state index contributed by atoms with van der Waals surface area (Å²) in [4.78, 5) is 31.5. The van der Waals surface area contributed by atoms with Crippen LogP contribution in [0.15, 0.2) is 29.1 Å². The molecule has 6 heteroatoms. The van der Waals surface area contributed by atoms with Gasteiger partial charge >= 0.3 is 5.97 Å². The van der Waals surface area contributed by atoms with Crippen LogP contribution < -0.4 is 5.56 Å². The number of hydrogen-bond donors (Lipinski definition) is 1. The standard InChI is InChI=1S/C19H18N2O3S/c1-10-5-3-6-12(9-10)16-20-17-15(13-7-4-8-14(13)25-17)18(22)21(16)11(2)19(23)24/h3,5-6,9,11H,4,7-8H2,1-2H3,(H,23,24). The molecule has 2 heterocycles. The number of carboxylic acids is 1. The maximum atomic E-state index is 13.2. The summed E-state index contributed by atoms with van der Waals surface area (Å²) in [5, 5.41) is 10.1. The Morgan fingerprint density at radius 3 is 2.88 bits per heavy atom. The molecule has 5 nitrogen and oxygen atoms in total. The van der Waals surface area contributed by atoms with Gasteiger partial charge in [-0.3, -0.25) is 9.36 Å². The van der Waals surface area contributed by atoms with Gasteiger partial charge in [0.05, 0.1) is 5.39 Å². The summed E-state index contributed by atoms with van der Waals surface area (Å²) in [6, 6.07) is 6.68. The van der Waals surface area contributed by atoms with Crippen molar-refractivity contribution in [1.29, 1.82) is 0 Å². The molecule has 25 heavy (non-hydrogen) atoms. The van der Waals surface area contributed by atoms with Gasteiger partial charge in [-0.15, -0.1) is 11.3 Å². The van der Waals surface area contributed by atoms with Gasteiger partial charge in [0.2, 0.25) is 0 Å². The molecule has 0 saturated carbocycles. The monoisotopic (exact) mass is 354 g/mol. The minimum atomic E-state index is -1.04. The van der Waals surface area contributed by atoms with Gasteiger partial charge in [-0.25, -0.2) is 9.78 Å². The van der Waals surface area contributed by atoms with Crippen LogP contribution >= 0.6 is 11.3 Å². The second-order valence-corrected chi connectivity index (χ2v) is 7.62. The number of carboxylic acid groups (broad SMARTS) is 1. The highest BCUT2D eigenvalue weighted by Gasteiger charge is 2.27. The van der Waals surface area contributed by atoms with Gasteiger partial charge in [0.1, 0.15) is 16.7 Å². The van der Waals surface area contributed by atoms with Crippen molar-refractivity contribution in [3.05, 3.63) is 50.6 Å². The van der Waals surface area contributed by atoms with Crippen molar-refractivity contribution in [3.8, 4) is 11.4 Å². The Kier molecular flexibility index (Phi) is 3.72. The molecule has 4 rings (SSSR count). The Hall–Kier alpha value is -2.47. The Balaban J connectivity index is 2.09. The van der Waals surface area contributed by atoms with Gasteiger partial charge in [0.15, 0.2) is 0 Å². The van der Waals surface area contributed by atoms with Crippen molar-refractivity contribution in [2.24, 2.45) is 0 Å². The lowest BCUT2D eigenvalue weighted by atomic mass is 10.1. The van der Waals surface area contributed by atoms with E-state index in [2.05, 4.69) is 0 Å². The molecular weight excluding hydrogens is 336 g/mol. The fourth-order valence-corrected chi connectivity index (χ4v) is 4.77. The number of nitrogens with zero attached hydrogens (tertiary/aromatic N) is 2. The molecule has 1 aliphatic rings. The van der Waals surface area contributed by atoms with Crippen molar-refractivity contribution in [2.45, 2.75) is 39.2 Å². The van der Waals surface area contributed by atoms with Gasteiger partial charge in [-0.05, 0) is 44.7 Å². The molecule has 2 aromatic heterocycles. The van der Waals surface area contributed by atoms with E-state index in [4.69, 9.17) is 4.98 Å². The van der Waals surface area contributed by atoms with Crippen molar-refractivity contribution < 1.29 is 9.90 Å². The predicted octanol–water partition coefficient (Wildman–Crippen LogP) is 3.57. The molecule has 128 valence electrons. The van der Waals surface area contributed by atoms with Crippen LogP contribution in [-0.2, 0) is 17.6 Å². The largest absolute Gasteiger partial charge is 0.480 e. The molecule has 0 radical (unpaired) electrons. The zero-order chi connectivity index (χ0) is 17.7. The average molecular weight is 354 g/mol. The van der Waals surface area contributed by atoms with E-state index in [-0.39, 0.29) is 5.56 Å². The minimum Gasteiger partial charge on any atom is -0.480 e. The second-order valence-electron chi connectivity index (χ2n) is 6.53. The molecule has 1 unspecified atom stereocenters. The number of benzene rings is 1. The van der Waals surface area contributed by atoms with Crippen LogP contribution in [0.1, 0.15) is 35.4 Å². The Labute approximate surface area is 148 Å². The summed E-state index contributed by atoms with van der Waals surface area (Å²) < 4.78 is 1.34. The summed E-state index contributed by atoms with van der Waals surface area (Å²) in [6.45, 7) is 3.49. The number of aromatic nitrogens is 2. The number of aliphatic carboxylic acids is 1. The van der Waals surface area contributed by atoms with Crippen LogP contribution in [0.2, 0.25) is 0 Å². The molecule has 1 atom stereocenters. The fraction of sp³-hybridized carbons (Fsp3) is 0.316. The number of aryl methyl sites for hydroxylation is 3. The number of hydrogen-bond acceptors (Lipinski definition) is 4. The summed E-state index contributed by atoms with van der Waals surface area (Å²) >= 11 is 1.57. The molecule has 0 bridgehead atoms. The van der Waals surface area contributed by atoms with Crippen molar-refractivity contribution >= 4 is 27.5 Å². The average Bonchev–Trinajstić information content (AvgIpc) is 3.14.